The van der Waals surface area contributed by atoms with Crippen LogP contribution in [0.1, 0.15) is 42.5 Å². The van der Waals surface area contributed by atoms with E-state index in [1.165, 1.54) is 24.1 Å². The van der Waals surface area contributed by atoms with Crippen LogP contribution in [0.2, 0.25) is 0 Å². The first-order chi connectivity index (χ1) is 12.3. The molecule has 4 heterocycles. The van der Waals surface area contributed by atoms with Gasteiger partial charge < -0.3 is 9.40 Å². The highest BCUT2D eigenvalue weighted by molar-refractivity contribution is 5.46. The minimum absolute atomic E-state index is 0.673. The van der Waals surface area contributed by atoms with Gasteiger partial charge in [0.25, 0.3) is 0 Å². The fourth-order valence-corrected chi connectivity index (χ4v) is 3.23. The van der Waals surface area contributed by atoms with Gasteiger partial charge in [0.05, 0.1) is 12.0 Å². The van der Waals surface area contributed by atoms with E-state index in [-0.39, 0.29) is 0 Å². The van der Waals surface area contributed by atoms with Crippen molar-refractivity contribution < 1.29 is 4.42 Å². The number of H-pyrrole nitrogens is 1. The van der Waals surface area contributed by atoms with E-state index in [0.717, 1.165) is 49.8 Å². The largest absolute Gasteiger partial charge is 0.461 e. The molecule has 0 saturated carbocycles. The number of rotatable bonds is 6. The van der Waals surface area contributed by atoms with Crippen molar-refractivity contribution in [2.24, 2.45) is 0 Å². The number of nitrogens with zero attached hydrogens (tertiary/aromatic N) is 4. The lowest BCUT2D eigenvalue weighted by Crippen LogP contribution is -2.31. The monoisotopic (exact) mass is 337 g/mol. The molecule has 0 aromatic carbocycles. The summed E-state index contributed by atoms with van der Waals surface area (Å²) in [7, 11) is 0. The van der Waals surface area contributed by atoms with Crippen LogP contribution < -0.4 is 0 Å². The Kier molecular flexibility index (Phi) is 4.61. The summed E-state index contributed by atoms with van der Waals surface area (Å²) in [4.78, 5) is 19.5. The number of nitrogens with one attached hydrogen (secondary N) is 1. The summed E-state index contributed by atoms with van der Waals surface area (Å²) in [6.07, 6.45) is 9.89. The van der Waals surface area contributed by atoms with Crippen LogP contribution in [0.4, 0.5) is 0 Å². The molecule has 0 fully saturated rings. The lowest BCUT2D eigenvalue weighted by atomic mass is 10.1. The molecule has 4 rings (SSSR count). The van der Waals surface area contributed by atoms with E-state index in [1.807, 2.05) is 24.5 Å². The second-order valence-corrected chi connectivity index (χ2v) is 6.56. The Hall–Kier alpha value is -2.47. The minimum atomic E-state index is 0.673. The third-order valence-electron chi connectivity index (χ3n) is 4.60. The number of aromatic nitrogens is 4. The van der Waals surface area contributed by atoms with Crippen molar-refractivity contribution >= 4 is 0 Å². The SMILES string of the molecule is CCCCc1ncc(CN2CCc3nc(-c4ccco4)ncc3C2)[nH]1. The van der Waals surface area contributed by atoms with E-state index in [9.17, 15) is 0 Å². The molecule has 1 aliphatic heterocycles. The molecule has 0 atom stereocenters. The number of hydrogen-bond donors (Lipinski definition) is 1. The number of aromatic amines is 1. The smallest absolute Gasteiger partial charge is 0.195 e. The molecule has 0 amide bonds. The van der Waals surface area contributed by atoms with Gasteiger partial charge in [-0.15, -0.1) is 0 Å². The van der Waals surface area contributed by atoms with Crippen LogP contribution in [0.15, 0.2) is 35.2 Å². The molecule has 6 nitrogen and oxygen atoms in total. The van der Waals surface area contributed by atoms with Gasteiger partial charge in [-0.2, -0.15) is 0 Å². The summed E-state index contributed by atoms with van der Waals surface area (Å²) in [5.74, 6) is 2.49. The Labute approximate surface area is 147 Å². The van der Waals surface area contributed by atoms with E-state index in [2.05, 4.69) is 31.8 Å². The summed E-state index contributed by atoms with van der Waals surface area (Å²) >= 11 is 0. The number of fused-ring (bicyclic) bond motifs is 1. The number of aryl methyl sites for hydroxylation is 1. The number of imidazole rings is 1. The highest BCUT2D eigenvalue weighted by Gasteiger charge is 2.20. The van der Waals surface area contributed by atoms with Crippen LogP contribution in [0.3, 0.4) is 0 Å². The van der Waals surface area contributed by atoms with Crippen LogP contribution in [0, 0.1) is 0 Å². The summed E-state index contributed by atoms with van der Waals surface area (Å²) in [5, 5.41) is 0. The van der Waals surface area contributed by atoms with Gasteiger partial charge in [0.2, 0.25) is 0 Å². The van der Waals surface area contributed by atoms with E-state index in [1.54, 1.807) is 6.26 Å². The minimum Gasteiger partial charge on any atom is -0.461 e. The number of furan rings is 1. The van der Waals surface area contributed by atoms with Crippen LogP contribution in [-0.4, -0.2) is 31.4 Å². The molecule has 0 spiro atoms. The normalized spacial score (nSPS) is 14.6. The van der Waals surface area contributed by atoms with Gasteiger partial charge in [-0.3, -0.25) is 4.90 Å². The number of hydrogen-bond acceptors (Lipinski definition) is 5. The second kappa shape index (κ2) is 7.19. The molecule has 130 valence electrons. The van der Waals surface area contributed by atoms with Gasteiger partial charge in [-0.05, 0) is 18.6 Å². The van der Waals surface area contributed by atoms with Crippen LogP contribution in [0.25, 0.3) is 11.6 Å². The number of unbranched alkanes of at least 4 members (excludes halogenated alkanes) is 1. The summed E-state index contributed by atoms with van der Waals surface area (Å²) < 4.78 is 5.39. The Morgan fingerprint density at radius 3 is 3.08 bits per heavy atom. The summed E-state index contributed by atoms with van der Waals surface area (Å²) in [6, 6.07) is 3.75. The first kappa shape index (κ1) is 16.0. The zero-order valence-electron chi connectivity index (χ0n) is 14.5. The van der Waals surface area contributed by atoms with Gasteiger partial charge in [-0.25, -0.2) is 15.0 Å². The molecule has 0 bridgehead atoms. The maximum Gasteiger partial charge on any atom is 0.195 e. The predicted octanol–water partition coefficient (Wildman–Crippen LogP) is 3.36. The van der Waals surface area contributed by atoms with Crippen molar-refractivity contribution in [3.8, 4) is 11.6 Å². The molecule has 0 radical (unpaired) electrons. The van der Waals surface area contributed by atoms with E-state index in [4.69, 9.17) is 4.42 Å². The molecule has 6 heteroatoms. The third-order valence-corrected chi connectivity index (χ3v) is 4.60. The molecule has 1 N–H and O–H groups in total. The molecule has 25 heavy (non-hydrogen) atoms. The quantitative estimate of drug-likeness (QED) is 0.747. The van der Waals surface area contributed by atoms with Crippen molar-refractivity contribution in [3.05, 3.63) is 53.6 Å². The van der Waals surface area contributed by atoms with Crippen molar-refractivity contribution in [1.82, 2.24) is 24.8 Å². The molecule has 3 aromatic heterocycles. The molecule has 0 unspecified atom stereocenters. The third kappa shape index (κ3) is 3.64. The van der Waals surface area contributed by atoms with Crippen molar-refractivity contribution in [2.75, 3.05) is 6.54 Å². The topological polar surface area (TPSA) is 70.8 Å². The van der Waals surface area contributed by atoms with Crippen LogP contribution in [-0.2, 0) is 25.9 Å². The Bertz CT molecular complexity index is 824. The molecule has 0 saturated heterocycles. The Morgan fingerprint density at radius 1 is 1.28 bits per heavy atom. The second-order valence-electron chi connectivity index (χ2n) is 6.56. The van der Waals surface area contributed by atoms with Crippen molar-refractivity contribution in [2.45, 2.75) is 45.7 Å². The Morgan fingerprint density at radius 2 is 2.24 bits per heavy atom. The maximum absolute atomic E-state index is 5.39. The van der Waals surface area contributed by atoms with E-state index < -0.39 is 0 Å². The molecule has 3 aromatic rings. The zero-order chi connectivity index (χ0) is 17.1. The summed E-state index contributed by atoms with van der Waals surface area (Å²) in [5.41, 5.74) is 3.51. The van der Waals surface area contributed by atoms with E-state index >= 15 is 0 Å². The maximum atomic E-state index is 5.39. The lowest BCUT2D eigenvalue weighted by molar-refractivity contribution is 0.240. The first-order valence-corrected chi connectivity index (χ1v) is 8.95. The fourth-order valence-electron chi connectivity index (χ4n) is 3.23. The van der Waals surface area contributed by atoms with Gasteiger partial charge in [0.1, 0.15) is 5.82 Å². The highest BCUT2D eigenvalue weighted by atomic mass is 16.3. The van der Waals surface area contributed by atoms with Gasteiger partial charge >= 0.3 is 0 Å². The molecular formula is C19H23N5O. The predicted molar refractivity (Wildman–Crippen MR) is 94.8 cm³/mol. The van der Waals surface area contributed by atoms with Gasteiger partial charge in [0.15, 0.2) is 11.6 Å². The molecular weight excluding hydrogens is 314 g/mol. The standard InChI is InChI=1S/C19H23N5O/c1-2-3-6-18-20-11-15(22-18)13-24-8-7-16-14(12-24)10-21-19(23-16)17-5-4-9-25-17/h4-5,9-11H,2-3,6-8,12-13H2,1H3,(H,20,22). The average molecular weight is 337 g/mol. The lowest BCUT2D eigenvalue weighted by Gasteiger charge is -2.27. The van der Waals surface area contributed by atoms with Crippen molar-refractivity contribution in [3.63, 3.8) is 0 Å². The Balaban J connectivity index is 1.42. The van der Waals surface area contributed by atoms with Crippen molar-refractivity contribution in [1.29, 1.82) is 0 Å². The molecule has 0 aliphatic carbocycles. The van der Waals surface area contributed by atoms with Crippen LogP contribution in [0.5, 0.6) is 0 Å². The highest BCUT2D eigenvalue weighted by Crippen LogP contribution is 2.22. The van der Waals surface area contributed by atoms with Crippen LogP contribution >= 0.6 is 0 Å². The fraction of sp³-hybridized carbons (Fsp3) is 0.421. The zero-order valence-corrected chi connectivity index (χ0v) is 14.5. The molecule has 1 aliphatic rings. The van der Waals surface area contributed by atoms with E-state index in [0.29, 0.717) is 5.82 Å². The van der Waals surface area contributed by atoms with Gasteiger partial charge in [0, 0.05) is 56.1 Å². The first-order valence-electron chi connectivity index (χ1n) is 8.95. The average Bonchev–Trinajstić information content (AvgIpc) is 3.31. The summed E-state index contributed by atoms with van der Waals surface area (Å²) in [6.45, 7) is 4.95. The van der Waals surface area contributed by atoms with Gasteiger partial charge in [-0.1, -0.05) is 13.3 Å².